The maximum atomic E-state index is 12.0. The second-order valence-electron chi connectivity index (χ2n) is 11.4. The van der Waals surface area contributed by atoms with Crippen LogP contribution in [0.3, 0.4) is 0 Å². The number of alkyl halides is 3. The van der Waals surface area contributed by atoms with E-state index in [4.69, 9.17) is 44.3 Å². The van der Waals surface area contributed by atoms with Gasteiger partial charge in [-0.25, -0.2) is 0 Å². The smallest absolute Gasteiger partial charge is 0.272 e. The van der Waals surface area contributed by atoms with Gasteiger partial charge in [0, 0.05) is 37.7 Å². The Morgan fingerprint density at radius 3 is 1.82 bits per heavy atom. The fourth-order valence-corrected chi connectivity index (χ4v) is 5.73. The van der Waals surface area contributed by atoms with Crippen LogP contribution in [0.2, 0.25) is 0 Å². The van der Waals surface area contributed by atoms with Gasteiger partial charge in [0.1, 0.15) is 0 Å². The first-order chi connectivity index (χ1) is 21.7. The van der Waals surface area contributed by atoms with Crippen molar-refractivity contribution in [2.75, 3.05) is 6.54 Å². The number of hydrogen-bond donors (Lipinski definition) is 2. The fraction of sp³-hybridized carbons (Fsp3) is 0.306. The minimum atomic E-state index is -2.02. The number of carbonyl (C=O) groups excluding carboxylic acids is 1. The molecule has 0 unspecified atom stereocenters. The highest BCUT2D eigenvalue weighted by Crippen LogP contribution is 2.42. The molecule has 0 saturated carbocycles. The standard InChI is InChI=1S/C36H37Cl3N2O4/c1-25-32(23-41(21-27-8-4-2-5-9-27)22-28-10-6-3-7-11-28)44-34(45-33(25)30-16-14-29(24-42)15-17-30)31-18-12-26(13-19-31)20-40-35(43)36(37,38)39/h2-19,25,32-34,42H,20-24H2,1H3,(H,40,43)/t25-,32+,33+,34+/m0/s1. The molecule has 5 rings (SSSR count). The van der Waals surface area contributed by atoms with Crippen LogP contribution >= 0.6 is 34.8 Å². The van der Waals surface area contributed by atoms with Crippen molar-refractivity contribution in [3.63, 3.8) is 0 Å². The Kier molecular flexibility index (Phi) is 11.6. The van der Waals surface area contributed by atoms with Crippen LogP contribution in [0, 0.1) is 5.92 Å². The van der Waals surface area contributed by atoms with Crippen molar-refractivity contribution >= 4 is 40.7 Å². The van der Waals surface area contributed by atoms with Gasteiger partial charge in [-0.15, -0.1) is 0 Å². The van der Waals surface area contributed by atoms with Crippen molar-refractivity contribution in [1.82, 2.24) is 10.2 Å². The van der Waals surface area contributed by atoms with Crippen LogP contribution in [0.15, 0.2) is 109 Å². The lowest BCUT2D eigenvalue weighted by Crippen LogP contribution is -2.44. The van der Waals surface area contributed by atoms with Crippen molar-refractivity contribution in [2.24, 2.45) is 5.92 Å². The van der Waals surface area contributed by atoms with Gasteiger partial charge in [-0.2, -0.15) is 0 Å². The first kappa shape index (κ1) is 33.4. The van der Waals surface area contributed by atoms with E-state index < -0.39 is 16.0 Å². The van der Waals surface area contributed by atoms with Gasteiger partial charge in [0.25, 0.3) is 9.70 Å². The van der Waals surface area contributed by atoms with Crippen molar-refractivity contribution in [3.05, 3.63) is 143 Å². The van der Waals surface area contributed by atoms with Crippen LogP contribution in [-0.4, -0.2) is 32.4 Å². The molecule has 0 aliphatic carbocycles. The molecule has 45 heavy (non-hydrogen) atoms. The van der Waals surface area contributed by atoms with E-state index in [0.717, 1.165) is 35.3 Å². The summed E-state index contributed by atoms with van der Waals surface area (Å²) in [6.45, 7) is 4.61. The molecule has 1 fully saturated rings. The first-order valence-electron chi connectivity index (χ1n) is 14.9. The Morgan fingerprint density at radius 2 is 1.29 bits per heavy atom. The van der Waals surface area contributed by atoms with E-state index in [1.54, 1.807) is 0 Å². The Bertz CT molecular complexity index is 1460. The Balaban J connectivity index is 1.39. The number of ether oxygens (including phenoxy) is 2. The second kappa shape index (κ2) is 15.6. The summed E-state index contributed by atoms with van der Waals surface area (Å²) in [6, 6.07) is 36.5. The van der Waals surface area contributed by atoms with E-state index in [9.17, 15) is 9.90 Å². The number of nitrogens with zero attached hydrogens (tertiary/aromatic N) is 1. The van der Waals surface area contributed by atoms with E-state index in [-0.39, 0.29) is 31.3 Å². The summed E-state index contributed by atoms with van der Waals surface area (Å²) in [5.74, 6) is -0.648. The summed E-state index contributed by atoms with van der Waals surface area (Å²) in [5.41, 5.74) is 6.05. The minimum Gasteiger partial charge on any atom is -0.392 e. The molecule has 1 aliphatic rings. The molecular weight excluding hydrogens is 631 g/mol. The molecule has 4 aromatic rings. The average Bonchev–Trinajstić information content (AvgIpc) is 3.05. The molecular formula is C36H37Cl3N2O4. The lowest BCUT2D eigenvalue weighted by molar-refractivity contribution is -0.276. The third-order valence-electron chi connectivity index (χ3n) is 8.02. The molecule has 0 spiro atoms. The monoisotopic (exact) mass is 666 g/mol. The predicted molar refractivity (Wildman–Crippen MR) is 179 cm³/mol. The lowest BCUT2D eigenvalue weighted by Gasteiger charge is -2.43. The number of hydrogen-bond acceptors (Lipinski definition) is 5. The van der Waals surface area contributed by atoms with E-state index in [1.165, 1.54) is 11.1 Å². The predicted octanol–water partition coefficient (Wildman–Crippen LogP) is 7.66. The molecule has 4 aromatic carbocycles. The van der Waals surface area contributed by atoms with Gasteiger partial charge in [-0.1, -0.05) is 151 Å². The third kappa shape index (κ3) is 9.30. The van der Waals surface area contributed by atoms with E-state index >= 15 is 0 Å². The number of aliphatic hydroxyl groups excluding tert-OH is 1. The molecule has 6 nitrogen and oxygen atoms in total. The lowest BCUT2D eigenvalue weighted by atomic mass is 9.89. The maximum Gasteiger partial charge on any atom is 0.272 e. The van der Waals surface area contributed by atoms with Crippen molar-refractivity contribution < 1.29 is 19.4 Å². The SMILES string of the molecule is C[C@H]1[C@@H](CN(Cc2ccccc2)Cc2ccccc2)O[C@@H](c2ccc(CNC(=O)C(Cl)(Cl)Cl)cc2)O[C@H]1c1ccc(CO)cc1. The number of nitrogens with one attached hydrogen (secondary N) is 1. The van der Waals surface area contributed by atoms with Crippen LogP contribution in [0.5, 0.6) is 0 Å². The zero-order chi connectivity index (χ0) is 31.8. The Hall–Kier alpha value is -2.94. The highest BCUT2D eigenvalue weighted by molar-refractivity contribution is 6.76. The maximum absolute atomic E-state index is 12.0. The summed E-state index contributed by atoms with van der Waals surface area (Å²) in [5, 5.41) is 12.2. The molecule has 1 aliphatic heterocycles. The number of carbonyl (C=O) groups is 1. The highest BCUT2D eigenvalue weighted by Gasteiger charge is 2.39. The summed E-state index contributed by atoms with van der Waals surface area (Å²) in [6.07, 6.45) is -1.00. The zero-order valence-corrected chi connectivity index (χ0v) is 27.3. The van der Waals surface area contributed by atoms with Crippen molar-refractivity contribution in [3.8, 4) is 0 Å². The quantitative estimate of drug-likeness (QED) is 0.161. The molecule has 1 saturated heterocycles. The molecule has 4 atom stereocenters. The van der Waals surface area contributed by atoms with Crippen molar-refractivity contribution in [2.45, 2.75) is 55.5 Å². The molecule has 2 N–H and O–H groups in total. The van der Waals surface area contributed by atoms with Crippen molar-refractivity contribution in [1.29, 1.82) is 0 Å². The molecule has 0 bridgehead atoms. The molecule has 236 valence electrons. The summed E-state index contributed by atoms with van der Waals surface area (Å²) in [4.78, 5) is 14.4. The molecule has 0 radical (unpaired) electrons. The van der Waals surface area contributed by atoms with Gasteiger partial charge in [0.2, 0.25) is 0 Å². The van der Waals surface area contributed by atoms with Gasteiger partial charge >= 0.3 is 0 Å². The van der Waals surface area contributed by atoms with Gasteiger partial charge in [-0.05, 0) is 27.8 Å². The van der Waals surface area contributed by atoms with E-state index in [1.807, 2.05) is 60.7 Å². The van der Waals surface area contributed by atoms with Crippen LogP contribution < -0.4 is 5.32 Å². The van der Waals surface area contributed by atoms with Gasteiger partial charge in [0.05, 0.1) is 18.8 Å². The first-order valence-corrected chi connectivity index (χ1v) is 16.1. The van der Waals surface area contributed by atoms with E-state index in [0.29, 0.717) is 6.54 Å². The molecule has 1 amide bonds. The van der Waals surface area contributed by atoms with Crippen LogP contribution in [0.4, 0.5) is 0 Å². The highest BCUT2D eigenvalue weighted by atomic mass is 35.6. The normalized spacial score (nSPS) is 20.2. The Labute approximate surface area is 279 Å². The van der Waals surface area contributed by atoms with Crippen LogP contribution in [0.25, 0.3) is 0 Å². The Morgan fingerprint density at radius 1 is 0.756 bits per heavy atom. The van der Waals surface area contributed by atoms with Crippen LogP contribution in [-0.2, 0) is 40.5 Å². The number of halogens is 3. The molecule has 0 aromatic heterocycles. The number of benzene rings is 4. The summed E-state index contributed by atoms with van der Waals surface area (Å²) < 4.78 is 11.4. The van der Waals surface area contributed by atoms with E-state index in [2.05, 4.69) is 65.7 Å². The number of aliphatic hydroxyl groups is 1. The van der Waals surface area contributed by atoms with Gasteiger partial charge < -0.3 is 19.9 Å². The summed E-state index contributed by atoms with van der Waals surface area (Å²) in [7, 11) is 0. The molecule has 1 heterocycles. The number of rotatable bonds is 11. The number of amides is 1. The van der Waals surface area contributed by atoms with Gasteiger partial charge in [-0.3, -0.25) is 9.69 Å². The molecule has 9 heteroatoms. The third-order valence-corrected chi connectivity index (χ3v) is 8.54. The van der Waals surface area contributed by atoms with Crippen LogP contribution in [0.1, 0.15) is 52.7 Å². The fourth-order valence-electron chi connectivity index (χ4n) is 5.53. The second-order valence-corrected chi connectivity index (χ2v) is 13.7. The topological polar surface area (TPSA) is 71.0 Å². The summed E-state index contributed by atoms with van der Waals surface area (Å²) >= 11 is 17.0. The van der Waals surface area contributed by atoms with Gasteiger partial charge in [0.15, 0.2) is 6.29 Å². The minimum absolute atomic E-state index is 0.0158. The zero-order valence-electron chi connectivity index (χ0n) is 25.0. The largest absolute Gasteiger partial charge is 0.392 e. The average molecular weight is 668 g/mol.